The molecule has 7 heteroatoms. The van der Waals surface area contributed by atoms with E-state index in [0.717, 1.165) is 37.7 Å². The van der Waals surface area contributed by atoms with E-state index in [0.29, 0.717) is 23.3 Å². The average Bonchev–Trinajstić information content (AvgIpc) is 3.10. The first-order valence-electron chi connectivity index (χ1n) is 9.09. The molecule has 138 valence electrons. The number of fused-ring (bicyclic) bond motifs is 1. The molecule has 0 radical (unpaired) electrons. The van der Waals surface area contributed by atoms with Crippen LogP contribution in [0.1, 0.15) is 6.92 Å². The zero-order chi connectivity index (χ0) is 18.8. The first-order chi connectivity index (χ1) is 13.2. The predicted octanol–water partition coefficient (Wildman–Crippen LogP) is 1.23. The van der Waals surface area contributed by atoms with E-state index in [4.69, 9.17) is 4.98 Å². The second kappa shape index (κ2) is 7.25. The second-order valence-corrected chi connectivity index (χ2v) is 6.50. The Labute approximate surface area is 157 Å². The maximum Gasteiger partial charge on any atom is 0.292 e. The van der Waals surface area contributed by atoms with Gasteiger partial charge in [0.1, 0.15) is 16.7 Å². The quantitative estimate of drug-likeness (QED) is 0.710. The fourth-order valence-electron chi connectivity index (χ4n) is 3.42. The van der Waals surface area contributed by atoms with Crippen LogP contribution in [0.4, 0.5) is 5.95 Å². The van der Waals surface area contributed by atoms with Gasteiger partial charge in [0.25, 0.3) is 5.56 Å². The van der Waals surface area contributed by atoms with Crippen LogP contribution in [0, 0.1) is 11.8 Å². The Morgan fingerprint density at radius 2 is 1.93 bits per heavy atom. The largest absolute Gasteiger partial charge is 0.340 e. The predicted molar refractivity (Wildman–Crippen MR) is 107 cm³/mol. The van der Waals surface area contributed by atoms with Gasteiger partial charge < -0.3 is 10.2 Å². The van der Waals surface area contributed by atoms with Crippen molar-refractivity contribution in [3.63, 3.8) is 0 Å². The molecule has 1 N–H and O–H groups in total. The van der Waals surface area contributed by atoms with Crippen molar-refractivity contribution >= 4 is 17.0 Å². The number of imidazole rings is 1. The first kappa shape index (κ1) is 17.3. The van der Waals surface area contributed by atoms with Gasteiger partial charge in [-0.15, -0.1) is 5.92 Å². The number of piperazine rings is 1. The van der Waals surface area contributed by atoms with Crippen LogP contribution in [0.25, 0.3) is 22.3 Å². The van der Waals surface area contributed by atoms with Crippen molar-refractivity contribution in [1.29, 1.82) is 0 Å². The highest BCUT2D eigenvalue weighted by atomic mass is 16.1. The van der Waals surface area contributed by atoms with Crippen LogP contribution in [0.5, 0.6) is 0 Å². The standard InChI is InChI=1S/C20H22N6O/c1-3-4-12-26-18-17(22-20(26)25-13-10-21-11-14-25)16(23-24(2)19(18)27)15-8-6-5-7-9-15/h5-9,21H,10-14H2,1-2H3. The highest BCUT2D eigenvalue weighted by Crippen LogP contribution is 2.28. The Bertz CT molecular complexity index is 1080. The lowest BCUT2D eigenvalue weighted by Crippen LogP contribution is -2.44. The topological polar surface area (TPSA) is 68.0 Å². The van der Waals surface area contributed by atoms with E-state index in [2.05, 4.69) is 27.2 Å². The highest BCUT2D eigenvalue weighted by molar-refractivity contribution is 5.90. The third-order valence-electron chi connectivity index (χ3n) is 4.78. The third kappa shape index (κ3) is 3.09. The van der Waals surface area contributed by atoms with Gasteiger partial charge in [-0.1, -0.05) is 36.3 Å². The summed E-state index contributed by atoms with van der Waals surface area (Å²) >= 11 is 0. The molecule has 0 bridgehead atoms. The fourth-order valence-corrected chi connectivity index (χ4v) is 3.42. The number of aryl methyl sites for hydroxylation is 1. The molecule has 0 saturated carbocycles. The average molecular weight is 362 g/mol. The highest BCUT2D eigenvalue weighted by Gasteiger charge is 2.24. The van der Waals surface area contributed by atoms with Gasteiger partial charge in [0.2, 0.25) is 5.95 Å². The molecule has 1 aromatic carbocycles. The lowest BCUT2D eigenvalue weighted by Gasteiger charge is -2.28. The minimum Gasteiger partial charge on any atom is -0.340 e. The van der Waals surface area contributed by atoms with Crippen molar-refractivity contribution in [2.45, 2.75) is 13.5 Å². The minimum atomic E-state index is -0.156. The normalized spacial score (nSPS) is 14.2. The summed E-state index contributed by atoms with van der Waals surface area (Å²) in [6.45, 7) is 5.71. The summed E-state index contributed by atoms with van der Waals surface area (Å²) in [4.78, 5) is 20.0. The van der Waals surface area contributed by atoms with Gasteiger partial charge in [0.15, 0.2) is 0 Å². The SMILES string of the molecule is CC#CCn1c(N2CCNCC2)nc2c(-c3ccccc3)nn(C)c(=O)c21. The summed E-state index contributed by atoms with van der Waals surface area (Å²) in [5.41, 5.74) is 2.69. The van der Waals surface area contributed by atoms with E-state index < -0.39 is 0 Å². The molecular weight excluding hydrogens is 340 g/mol. The lowest BCUT2D eigenvalue weighted by atomic mass is 10.1. The van der Waals surface area contributed by atoms with E-state index in [1.165, 1.54) is 4.68 Å². The Kier molecular flexibility index (Phi) is 4.65. The molecule has 4 rings (SSSR count). The lowest BCUT2D eigenvalue weighted by molar-refractivity contribution is 0.572. The molecule has 1 saturated heterocycles. The van der Waals surface area contributed by atoms with Crippen LogP contribution >= 0.6 is 0 Å². The van der Waals surface area contributed by atoms with Crippen LogP contribution in [0.2, 0.25) is 0 Å². The smallest absolute Gasteiger partial charge is 0.292 e. The minimum absolute atomic E-state index is 0.156. The Balaban J connectivity index is 2.01. The summed E-state index contributed by atoms with van der Waals surface area (Å²) in [5, 5.41) is 7.87. The Morgan fingerprint density at radius 3 is 2.63 bits per heavy atom. The zero-order valence-electron chi connectivity index (χ0n) is 15.6. The summed E-state index contributed by atoms with van der Waals surface area (Å²) in [7, 11) is 1.68. The number of rotatable bonds is 3. The summed E-state index contributed by atoms with van der Waals surface area (Å²) < 4.78 is 3.33. The monoisotopic (exact) mass is 362 g/mol. The molecule has 1 aliphatic rings. The van der Waals surface area contributed by atoms with E-state index >= 15 is 0 Å². The molecule has 1 fully saturated rings. The maximum absolute atomic E-state index is 13.0. The van der Waals surface area contributed by atoms with Gasteiger partial charge in [0, 0.05) is 38.8 Å². The van der Waals surface area contributed by atoms with Gasteiger partial charge in [-0.3, -0.25) is 9.36 Å². The van der Waals surface area contributed by atoms with Gasteiger partial charge in [-0.05, 0) is 6.92 Å². The van der Waals surface area contributed by atoms with Gasteiger partial charge in [-0.25, -0.2) is 9.67 Å². The molecule has 7 nitrogen and oxygen atoms in total. The molecule has 1 aliphatic heterocycles. The molecule has 0 aliphatic carbocycles. The molecule has 0 unspecified atom stereocenters. The number of benzene rings is 1. The van der Waals surface area contributed by atoms with E-state index in [1.807, 2.05) is 34.9 Å². The number of nitrogens with zero attached hydrogens (tertiary/aromatic N) is 5. The van der Waals surface area contributed by atoms with Crippen LogP contribution in [-0.2, 0) is 13.6 Å². The Hall–Kier alpha value is -3.11. The number of anilines is 1. The number of hydrogen-bond acceptors (Lipinski definition) is 5. The van der Waals surface area contributed by atoms with Crippen molar-refractivity contribution in [1.82, 2.24) is 24.6 Å². The van der Waals surface area contributed by atoms with E-state index in [-0.39, 0.29) is 5.56 Å². The van der Waals surface area contributed by atoms with Crippen LogP contribution in [-0.4, -0.2) is 45.5 Å². The van der Waals surface area contributed by atoms with Gasteiger partial charge in [0.05, 0.1) is 6.54 Å². The molecule has 3 heterocycles. The third-order valence-corrected chi connectivity index (χ3v) is 4.78. The van der Waals surface area contributed by atoms with Crippen molar-refractivity contribution < 1.29 is 0 Å². The van der Waals surface area contributed by atoms with Crippen molar-refractivity contribution in [2.75, 3.05) is 31.1 Å². The molecule has 0 spiro atoms. The van der Waals surface area contributed by atoms with Gasteiger partial charge >= 0.3 is 0 Å². The maximum atomic E-state index is 13.0. The van der Waals surface area contributed by atoms with Gasteiger partial charge in [-0.2, -0.15) is 5.10 Å². The molecule has 3 aromatic rings. The number of hydrogen-bond donors (Lipinski definition) is 1. The molecule has 0 amide bonds. The van der Waals surface area contributed by atoms with Crippen LogP contribution in [0.3, 0.4) is 0 Å². The molecular formula is C20H22N6O. The van der Waals surface area contributed by atoms with Crippen molar-refractivity contribution in [2.24, 2.45) is 7.05 Å². The van der Waals surface area contributed by atoms with E-state index in [1.54, 1.807) is 14.0 Å². The second-order valence-electron chi connectivity index (χ2n) is 6.50. The number of nitrogens with one attached hydrogen (secondary N) is 1. The molecule has 2 aromatic heterocycles. The Morgan fingerprint density at radius 1 is 1.19 bits per heavy atom. The fraction of sp³-hybridized carbons (Fsp3) is 0.350. The number of aromatic nitrogens is 4. The van der Waals surface area contributed by atoms with E-state index in [9.17, 15) is 4.79 Å². The first-order valence-corrected chi connectivity index (χ1v) is 9.09. The van der Waals surface area contributed by atoms with Crippen molar-refractivity contribution in [3.05, 3.63) is 40.7 Å². The zero-order valence-corrected chi connectivity index (χ0v) is 15.6. The molecule has 27 heavy (non-hydrogen) atoms. The van der Waals surface area contributed by atoms with Crippen LogP contribution < -0.4 is 15.8 Å². The summed E-state index contributed by atoms with van der Waals surface area (Å²) in [6, 6.07) is 9.86. The van der Waals surface area contributed by atoms with Crippen LogP contribution in [0.15, 0.2) is 35.1 Å². The summed E-state index contributed by atoms with van der Waals surface area (Å²) in [6.07, 6.45) is 0. The molecule has 0 atom stereocenters. The van der Waals surface area contributed by atoms with Crippen molar-refractivity contribution in [3.8, 4) is 23.1 Å². The summed E-state index contributed by atoms with van der Waals surface area (Å²) in [5.74, 6) is 6.81.